The summed E-state index contributed by atoms with van der Waals surface area (Å²) in [5.74, 6) is 0. The predicted octanol–water partition coefficient (Wildman–Crippen LogP) is 1.20. The molecule has 62 valence electrons. The van der Waals surface area contributed by atoms with E-state index in [1.807, 2.05) is 0 Å². The van der Waals surface area contributed by atoms with Crippen molar-refractivity contribution in [1.82, 2.24) is 4.90 Å². The number of carbonyl (C=O) groups excluding carboxylic acids is 1. The number of hydrogen-bond acceptors (Lipinski definition) is 2. The molecule has 11 heavy (non-hydrogen) atoms. The summed E-state index contributed by atoms with van der Waals surface area (Å²) in [7, 11) is 1.15. The summed E-state index contributed by atoms with van der Waals surface area (Å²) in [5, 5.41) is 8.30. The van der Waals surface area contributed by atoms with Crippen LogP contribution in [0.3, 0.4) is 0 Å². The molecule has 0 aromatic rings. The molecular weight excluding hydrogens is 148 g/mol. The van der Waals surface area contributed by atoms with Crippen LogP contribution >= 0.6 is 0 Å². The third-order valence-corrected chi connectivity index (χ3v) is 0.893. The molecule has 5 nitrogen and oxygen atoms in total. The first-order valence-electron chi connectivity index (χ1n) is 2.97. The van der Waals surface area contributed by atoms with Gasteiger partial charge in [-0.3, -0.25) is 0 Å². The zero-order valence-corrected chi connectivity index (χ0v) is 6.66. The number of imide groups is 1. The van der Waals surface area contributed by atoms with Crippen molar-refractivity contribution in [3.05, 3.63) is 0 Å². The van der Waals surface area contributed by atoms with Gasteiger partial charge in [-0.25, -0.2) is 19.5 Å². The van der Waals surface area contributed by atoms with Crippen molar-refractivity contribution in [3.63, 3.8) is 0 Å². The van der Waals surface area contributed by atoms with E-state index in [1.165, 1.54) is 0 Å². The second-order valence-corrected chi connectivity index (χ2v) is 2.18. The molecule has 0 aliphatic heterocycles. The average Bonchev–Trinajstić information content (AvgIpc) is 1.84. The van der Waals surface area contributed by atoms with E-state index in [1.54, 1.807) is 13.8 Å². The minimum Gasteiger partial charge on any atom is -0.465 e. The molecule has 0 radical (unpaired) electrons. The Kier molecular flexibility index (Phi) is 3.23. The quantitative estimate of drug-likeness (QED) is 0.538. The van der Waals surface area contributed by atoms with Crippen molar-refractivity contribution in [2.75, 3.05) is 7.05 Å². The van der Waals surface area contributed by atoms with Gasteiger partial charge < -0.3 is 5.11 Å². The number of nitrogens with zero attached hydrogens (tertiary/aromatic N) is 2. The summed E-state index contributed by atoms with van der Waals surface area (Å²) in [4.78, 5) is 24.9. The Morgan fingerprint density at radius 3 is 2.09 bits per heavy atom. The van der Waals surface area contributed by atoms with Crippen LogP contribution in [-0.2, 0) is 0 Å². The summed E-state index contributed by atoms with van der Waals surface area (Å²) in [6.07, 6.45) is -1.31. The second-order valence-electron chi connectivity index (χ2n) is 2.18. The lowest BCUT2D eigenvalue weighted by atomic mass is 10.5. The molecule has 0 bridgehead atoms. The maximum absolute atomic E-state index is 10.8. The van der Waals surface area contributed by atoms with Crippen molar-refractivity contribution in [3.8, 4) is 0 Å². The minimum absolute atomic E-state index is 0.521. The van der Waals surface area contributed by atoms with Gasteiger partial charge in [0.2, 0.25) is 0 Å². The van der Waals surface area contributed by atoms with Crippen LogP contribution in [0.4, 0.5) is 9.59 Å². The molecule has 0 unspecified atom stereocenters. The van der Waals surface area contributed by atoms with Crippen molar-refractivity contribution in [2.24, 2.45) is 4.99 Å². The van der Waals surface area contributed by atoms with E-state index < -0.39 is 12.1 Å². The van der Waals surface area contributed by atoms with E-state index in [0.29, 0.717) is 10.6 Å². The fraction of sp³-hybridized carbons (Fsp3) is 0.500. The van der Waals surface area contributed by atoms with Crippen LogP contribution in [0.25, 0.3) is 0 Å². The van der Waals surface area contributed by atoms with Gasteiger partial charge >= 0.3 is 12.1 Å². The van der Waals surface area contributed by atoms with Crippen LogP contribution in [0.2, 0.25) is 0 Å². The molecule has 0 heterocycles. The Labute approximate surface area is 64.3 Å². The predicted molar refractivity (Wildman–Crippen MR) is 40.0 cm³/mol. The van der Waals surface area contributed by atoms with Gasteiger partial charge in [0.25, 0.3) is 0 Å². The maximum atomic E-state index is 10.8. The lowest BCUT2D eigenvalue weighted by Crippen LogP contribution is -2.29. The largest absolute Gasteiger partial charge is 0.465 e. The number of urea groups is 1. The smallest absolute Gasteiger partial charge is 0.415 e. The summed E-state index contributed by atoms with van der Waals surface area (Å²) in [6, 6.07) is -0.766. The number of hydrogen-bond donors (Lipinski definition) is 1. The molecular formula is C6H10N2O3. The van der Waals surface area contributed by atoms with Crippen molar-refractivity contribution in [1.29, 1.82) is 0 Å². The van der Waals surface area contributed by atoms with E-state index in [4.69, 9.17) is 5.11 Å². The third kappa shape index (κ3) is 3.34. The summed E-state index contributed by atoms with van der Waals surface area (Å²) in [5.41, 5.74) is 0.531. The van der Waals surface area contributed by atoms with Crippen LogP contribution in [0.15, 0.2) is 4.99 Å². The minimum atomic E-state index is -1.31. The summed E-state index contributed by atoms with van der Waals surface area (Å²) < 4.78 is 0. The van der Waals surface area contributed by atoms with Gasteiger partial charge in [0.1, 0.15) is 0 Å². The Morgan fingerprint density at radius 1 is 1.36 bits per heavy atom. The summed E-state index contributed by atoms with van der Waals surface area (Å²) in [6.45, 7) is 3.24. The SMILES string of the molecule is CC(C)=NC(=O)N(C)C(=O)O. The fourth-order valence-electron chi connectivity index (χ4n) is 0.348. The second kappa shape index (κ2) is 3.70. The topological polar surface area (TPSA) is 70.0 Å². The highest BCUT2D eigenvalue weighted by Crippen LogP contribution is 1.90. The number of carbonyl (C=O) groups is 2. The Morgan fingerprint density at radius 2 is 1.82 bits per heavy atom. The summed E-state index contributed by atoms with van der Waals surface area (Å²) >= 11 is 0. The highest BCUT2D eigenvalue weighted by molar-refractivity contribution is 5.97. The molecule has 1 N–H and O–H groups in total. The molecule has 0 aliphatic carbocycles. The highest BCUT2D eigenvalue weighted by Gasteiger charge is 2.13. The van der Waals surface area contributed by atoms with E-state index in [0.717, 1.165) is 7.05 Å². The zero-order chi connectivity index (χ0) is 9.02. The van der Waals surface area contributed by atoms with Crippen LogP contribution in [0.1, 0.15) is 13.8 Å². The number of aliphatic imine (C=N–C) groups is 1. The molecule has 0 rings (SSSR count). The first kappa shape index (κ1) is 9.61. The Balaban J connectivity index is 4.27. The third-order valence-electron chi connectivity index (χ3n) is 0.893. The van der Waals surface area contributed by atoms with Gasteiger partial charge in [-0.05, 0) is 13.8 Å². The lowest BCUT2D eigenvalue weighted by Gasteiger charge is -2.05. The molecule has 0 fully saturated rings. The number of amides is 3. The van der Waals surface area contributed by atoms with Gasteiger partial charge in [-0.1, -0.05) is 0 Å². The number of carboxylic acid groups (broad SMARTS) is 1. The van der Waals surface area contributed by atoms with Gasteiger partial charge in [0.15, 0.2) is 0 Å². The van der Waals surface area contributed by atoms with E-state index in [2.05, 4.69) is 4.99 Å². The lowest BCUT2D eigenvalue weighted by molar-refractivity contribution is 0.160. The molecule has 3 amide bonds. The van der Waals surface area contributed by atoms with Crippen molar-refractivity contribution >= 4 is 17.8 Å². The van der Waals surface area contributed by atoms with Gasteiger partial charge in [-0.15, -0.1) is 0 Å². The zero-order valence-electron chi connectivity index (χ0n) is 6.66. The number of rotatable bonds is 0. The van der Waals surface area contributed by atoms with E-state index in [-0.39, 0.29) is 0 Å². The van der Waals surface area contributed by atoms with Gasteiger partial charge in [-0.2, -0.15) is 0 Å². The van der Waals surface area contributed by atoms with Crippen LogP contribution in [0, 0.1) is 0 Å². The van der Waals surface area contributed by atoms with E-state index in [9.17, 15) is 9.59 Å². The maximum Gasteiger partial charge on any atom is 0.415 e. The van der Waals surface area contributed by atoms with Crippen LogP contribution < -0.4 is 0 Å². The highest BCUT2D eigenvalue weighted by atomic mass is 16.4. The molecule has 0 saturated carbocycles. The first-order chi connectivity index (χ1) is 4.95. The molecule has 0 atom stereocenters. The molecule has 0 aliphatic rings. The van der Waals surface area contributed by atoms with Crippen molar-refractivity contribution in [2.45, 2.75) is 13.8 Å². The van der Waals surface area contributed by atoms with Gasteiger partial charge in [0, 0.05) is 12.8 Å². The monoisotopic (exact) mass is 158 g/mol. The van der Waals surface area contributed by atoms with Crippen molar-refractivity contribution < 1.29 is 14.7 Å². The molecule has 5 heteroatoms. The van der Waals surface area contributed by atoms with Crippen LogP contribution in [-0.4, -0.2) is 34.9 Å². The van der Waals surface area contributed by atoms with Crippen LogP contribution in [0.5, 0.6) is 0 Å². The molecule has 0 saturated heterocycles. The Bertz CT molecular complexity index is 206. The standard InChI is InChI=1S/C6H10N2O3/c1-4(2)7-5(9)8(3)6(10)11/h1-3H3,(H,10,11). The molecule has 0 spiro atoms. The normalized spacial score (nSPS) is 8.64. The van der Waals surface area contributed by atoms with E-state index >= 15 is 0 Å². The Hall–Kier alpha value is -1.39. The molecule has 0 aromatic carbocycles. The van der Waals surface area contributed by atoms with Gasteiger partial charge in [0.05, 0.1) is 0 Å². The average molecular weight is 158 g/mol. The first-order valence-corrected chi connectivity index (χ1v) is 2.97. The molecule has 0 aromatic heterocycles. The fourth-order valence-corrected chi connectivity index (χ4v) is 0.348.